The van der Waals surface area contributed by atoms with Crippen LogP contribution in [0.5, 0.6) is 0 Å². The Balaban J connectivity index is 2.22. The van der Waals surface area contributed by atoms with Crippen LogP contribution in [0.3, 0.4) is 0 Å². The van der Waals surface area contributed by atoms with Crippen LogP contribution in [-0.4, -0.2) is 25.1 Å². The molecule has 0 spiro atoms. The fourth-order valence-electron chi connectivity index (χ4n) is 1.98. The Bertz CT molecular complexity index is 536. The van der Waals surface area contributed by atoms with Crippen LogP contribution >= 0.6 is 0 Å². The van der Waals surface area contributed by atoms with E-state index in [9.17, 15) is 5.11 Å². The van der Waals surface area contributed by atoms with E-state index >= 15 is 0 Å². The molecular formula is C13H18N4O. The molecular weight excluding hydrogens is 228 g/mol. The van der Waals surface area contributed by atoms with E-state index in [-0.39, 0.29) is 0 Å². The molecule has 0 fully saturated rings. The van der Waals surface area contributed by atoms with Crippen molar-refractivity contribution in [1.29, 1.82) is 0 Å². The van der Waals surface area contributed by atoms with Crippen molar-refractivity contribution in [1.82, 2.24) is 20.0 Å². The van der Waals surface area contributed by atoms with E-state index in [1.54, 1.807) is 4.68 Å². The first-order chi connectivity index (χ1) is 8.60. The van der Waals surface area contributed by atoms with Crippen LogP contribution in [0.15, 0.2) is 18.3 Å². The van der Waals surface area contributed by atoms with Crippen LogP contribution in [0.4, 0.5) is 0 Å². The summed E-state index contributed by atoms with van der Waals surface area (Å²) in [6, 6.07) is 3.82. The van der Waals surface area contributed by atoms with Crippen molar-refractivity contribution in [2.24, 2.45) is 7.05 Å². The number of aliphatic hydroxyl groups is 1. The lowest BCUT2D eigenvalue weighted by atomic mass is 10.0. The molecule has 2 aromatic rings. The predicted octanol–water partition coefficient (Wildman–Crippen LogP) is 1.36. The van der Waals surface area contributed by atoms with Gasteiger partial charge in [-0.05, 0) is 25.5 Å². The molecule has 5 heteroatoms. The third-order valence-electron chi connectivity index (χ3n) is 2.89. The van der Waals surface area contributed by atoms with E-state index in [1.807, 2.05) is 39.2 Å². The molecule has 2 aromatic heterocycles. The average molecular weight is 246 g/mol. The van der Waals surface area contributed by atoms with Gasteiger partial charge < -0.3 is 5.11 Å². The second-order valence-electron chi connectivity index (χ2n) is 4.44. The number of aryl methyl sites for hydroxylation is 3. The molecule has 1 unspecified atom stereocenters. The molecule has 96 valence electrons. The molecule has 0 aliphatic carbocycles. The summed E-state index contributed by atoms with van der Waals surface area (Å²) >= 11 is 0. The zero-order valence-corrected chi connectivity index (χ0v) is 11.0. The van der Waals surface area contributed by atoms with E-state index in [0.29, 0.717) is 6.42 Å². The van der Waals surface area contributed by atoms with E-state index < -0.39 is 6.10 Å². The molecule has 0 aliphatic rings. The van der Waals surface area contributed by atoms with Gasteiger partial charge in [-0.15, -0.1) is 0 Å². The minimum atomic E-state index is -0.580. The first kappa shape index (κ1) is 12.7. The van der Waals surface area contributed by atoms with Gasteiger partial charge in [0.1, 0.15) is 0 Å². The van der Waals surface area contributed by atoms with E-state index in [2.05, 4.69) is 15.3 Å². The zero-order chi connectivity index (χ0) is 13.1. The van der Waals surface area contributed by atoms with Crippen LogP contribution in [0.1, 0.15) is 35.7 Å². The molecule has 0 radical (unpaired) electrons. The first-order valence-corrected chi connectivity index (χ1v) is 6.09. The van der Waals surface area contributed by atoms with Crippen LogP contribution < -0.4 is 0 Å². The summed E-state index contributed by atoms with van der Waals surface area (Å²) in [5.41, 5.74) is 3.41. The summed E-state index contributed by atoms with van der Waals surface area (Å²) in [5, 5.41) is 22.7. The number of nitrogens with zero attached hydrogens (tertiary/aromatic N) is 4. The van der Waals surface area contributed by atoms with Gasteiger partial charge in [0.15, 0.2) is 0 Å². The molecule has 0 amide bonds. The van der Waals surface area contributed by atoms with Gasteiger partial charge in [0.2, 0.25) is 0 Å². The second kappa shape index (κ2) is 5.27. The Hall–Kier alpha value is -1.75. The Morgan fingerprint density at radius 2 is 2.17 bits per heavy atom. The van der Waals surface area contributed by atoms with Gasteiger partial charge in [0.05, 0.1) is 23.2 Å². The number of hydrogen-bond acceptors (Lipinski definition) is 4. The number of hydrogen-bond donors (Lipinski definition) is 1. The van der Waals surface area contributed by atoms with Gasteiger partial charge in [-0.25, -0.2) is 0 Å². The minimum absolute atomic E-state index is 0.499. The summed E-state index contributed by atoms with van der Waals surface area (Å²) in [5.74, 6) is 0. The Labute approximate surface area is 106 Å². The maximum absolute atomic E-state index is 10.3. The van der Waals surface area contributed by atoms with Crippen molar-refractivity contribution in [3.8, 4) is 0 Å². The summed E-state index contributed by atoms with van der Waals surface area (Å²) in [4.78, 5) is 0. The van der Waals surface area contributed by atoms with Gasteiger partial charge in [-0.1, -0.05) is 6.92 Å². The van der Waals surface area contributed by atoms with Crippen LogP contribution in [0, 0.1) is 6.92 Å². The van der Waals surface area contributed by atoms with Gasteiger partial charge in [-0.3, -0.25) is 4.68 Å². The maximum atomic E-state index is 10.3. The van der Waals surface area contributed by atoms with Crippen molar-refractivity contribution < 1.29 is 5.11 Å². The highest BCUT2D eigenvalue weighted by molar-refractivity contribution is 5.24. The van der Waals surface area contributed by atoms with Gasteiger partial charge in [-0.2, -0.15) is 15.3 Å². The van der Waals surface area contributed by atoms with E-state index in [0.717, 1.165) is 29.1 Å². The SMILES string of the molecule is CCc1nnc(C)cc1C(O)Cc1ccn(C)n1. The van der Waals surface area contributed by atoms with Gasteiger partial charge in [0.25, 0.3) is 0 Å². The molecule has 0 bridgehead atoms. The lowest BCUT2D eigenvalue weighted by molar-refractivity contribution is 0.175. The van der Waals surface area contributed by atoms with Crippen LogP contribution in [-0.2, 0) is 19.9 Å². The molecule has 0 aliphatic heterocycles. The normalized spacial score (nSPS) is 12.7. The van der Waals surface area contributed by atoms with Crippen LogP contribution in [0.25, 0.3) is 0 Å². The van der Waals surface area contributed by atoms with Crippen molar-refractivity contribution >= 4 is 0 Å². The number of aliphatic hydroxyl groups excluding tert-OH is 1. The van der Waals surface area contributed by atoms with Crippen molar-refractivity contribution in [3.05, 3.63) is 41.0 Å². The van der Waals surface area contributed by atoms with Crippen molar-refractivity contribution in [3.63, 3.8) is 0 Å². The van der Waals surface area contributed by atoms with Gasteiger partial charge in [0, 0.05) is 25.2 Å². The molecule has 2 rings (SSSR count). The number of rotatable bonds is 4. The van der Waals surface area contributed by atoms with E-state index in [4.69, 9.17) is 0 Å². The van der Waals surface area contributed by atoms with E-state index in [1.165, 1.54) is 0 Å². The fraction of sp³-hybridized carbons (Fsp3) is 0.462. The number of aromatic nitrogens is 4. The molecule has 5 nitrogen and oxygen atoms in total. The highest BCUT2D eigenvalue weighted by Crippen LogP contribution is 2.20. The third-order valence-corrected chi connectivity index (χ3v) is 2.89. The molecule has 0 saturated carbocycles. The third kappa shape index (κ3) is 2.73. The highest BCUT2D eigenvalue weighted by atomic mass is 16.3. The molecule has 18 heavy (non-hydrogen) atoms. The Morgan fingerprint density at radius 1 is 1.39 bits per heavy atom. The lowest BCUT2D eigenvalue weighted by Gasteiger charge is -2.13. The standard InChI is InChI=1S/C13H18N4O/c1-4-12-11(7-9(2)14-15-12)13(18)8-10-5-6-17(3)16-10/h5-7,13,18H,4,8H2,1-3H3. The molecule has 2 heterocycles. The Kier molecular flexibility index (Phi) is 3.72. The molecule has 0 aromatic carbocycles. The van der Waals surface area contributed by atoms with Crippen LogP contribution in [0.2, 0.25) is 0 Å². The average Bonchev–Trinajstić information content (AvgIpc) is 2.74. The van der Waals surface area contributed by atoms with Crippen molar-refractivity contribution in [2.45, 2.75) is 32.8 Å². The zero-order valence-electron chi connectivity index (χ0n) is 11.0. The molecule has 1 N–H and O–H groups in total. The quantitative estimate of drug-likeness (QED) is 0.884. The highest BCUT2D eigenvalue weighted by Gasteiger charge is 2.15. The monoisotopic (exact) mass is 246 g/mol. The van der Waals surface area contributed by atoms with Gasteiger partial charge >= 0.3 is 0 Å². The summed E-state index contributed by atoms with van der Waals surface area (Å²) < 4.78 is 1.73. The summed E-state index contributed by atoms with van der Waals surface area (Å²) in [6.45, 7) is 3.89. The predicted molar refractivity (Wildman–Crippen MR) is 68.0 cm³/mol. The maximum Gasteiger partial charge on any atom is 0.0865 e. The first-order valence-electron chi connectivity index (χ1n) is 6.09. The summed E-state index contributed by atoms with van der Waals surface area (Å²) in [6.07, 6.45) is 2.56. The fourth-order valence-corrected chi connectivity index (χ4v) is 1.98. The van der Waals surface area contributed by atoms with Crippen molar-refractivity contribution in [2.75, 3.05) is 0 Å². The summed E-state index contributed by atoms with van der Waals surface area (Å²) in [7, 11) is 1.87. The molecule has 0 saturated heterocycles. The second-order valence-corrected chi connectivity index (χ2v) is 4.44. The molecule has 1 atom stereocenters. The minimum Gasteiger partial charge on any atom is -0.388 e. The lowest BCUT2D eigenvalue weighted by Crippen LogP contribution is -2.09. The smallest absolute Gasteiger partial charge is 0.0865 e. The topological polar surface area (TPSA) is 63.8 Å². The largest absolute Gasteiger partial charge is 0.388 e. The Morgan fingerprint density at radius 3 is 2.78 bits per heavy atom.